The molecule has 1 aliphatic rings. The van der Waals surface area contributed by atoms with Gasteiger partial charge < -0.3 is 15.0 Å². The van der Waals surface area contributed by atoms with Gasteiger partial charge in [0.25, 0.3) is 0 Å². The summed E-state index contributed by atoms with van der Waals surface area (Å²) in [7, 11) is 1.30. The number of nitrogens with one attached hydrogen (secondary N) is 1. The van der Waals surface area contributed by atoms with Crippen LogP contribution in [0, 0.1) is 5.82 Å². The number of halogens is 2. The molecule has 2 aromatic rings. The lowest BCUT2D eigenvalue weighted by Crippen LogP contribution is -2.38. The highest BCUT2D eigenvalue weighted by molar-refractivity contribution is 6.30. The minimum absolute atomic E-state index is 0.0153. The summed E-state index contributed by atoms with van der Waals surface area (Å²) in [6.45, 7) is 0.257. The molecule has 0 spiro atoms. The van der Waals surface area contributed by atoms with Gasteiger partial charge in [-0.05, 0) is 35.9 Å². The van der Waals surface area contributed by atoms with E-state index in [1.165, 1.54) is 24.1 Å². The van der Waals surface area contributed by atoms with Gasteiger partial charge in [-0.2, -0.15) is 0 Å². The average molecular weight is 405 g/mol. The van der Waals surface area contributed by atoms with Gasteiger partial charge in [-0.15, -0.1) is 0 Å². The molecule has 0 bridgehead atoms. The Balaban J connectivity index is 1.58. The van der Waals surface area contributed by atoms with Crippen molar-refractivity contribution in [3.8, 4) is 0 Å². The molecule has 1 saturated heterocycles. The molecule has 1 N–H and O–H groups in total. The van der Waals surface area contributed by atoms with Crippen LogP contribution in [0.25, 0.3) is 0 Å². The minimum atomic E-state index is -0.602. The van der Waals surface area contributed by atoms with E-state index < -0.39 is 11.8 Å². The van der Waals surface area contributed by atoms with Crippen LogP contribution in [0.1, 0.15) is 22.3 Å². The summed E-state index contributed by atoms with van der Waals surface area (Å²) in [6, 6.07) is 10.3. The quantitative estimate of drug-likeness (QED) is 0.777. The maximum Gasteiger partial charge on any atom is 0.337 e. The number of anilines is 1. The summed E-state index contributed by atoms with van der Waals surface area (Å²) in [4.78, 5) is 37.4. The predicted molar refractivity (Wildman–Crippen MR) is 102 cm³/mol. The Labute approximate surface area is 166 Å². The molecule has 1 unspecified atom stereocenters. The van der Waals surface area contributed by atoms with Gasteiger partial charge in [0.15, 0.2) is 0 Å². The zero-order valence-corrected chi connectivity index (χ0v) is 15.8. The summed E-state index contributed by atoms with van der Waals surface area (Å²) in [5.41, 5.74) is 1.53. The molecule has 0 radical (unpaired) electrons. The molecule has 146 valence electrons. The lowest BCUT2D eigenvalue weighted by Gasteiger charge is -2.17. The number of methoxy groups -OCH3 is 1. The van der Waals surface area contributed by atoms with Crippen molar-refractivity contribution in [3.05, 3.63) is 64.4 Å². The SMILES string of the molecule is COC(=O)c1ccc(CC(=O)NC2CC(=O)N(c3ccc(Cl)c(F)c3)C2)cc1. The van der Waals surface area contributed by atoms with Crippen LogP contribution in [-0.2, 0) is 20.7 Å². The fraction of sp³-hybridized carbons (Fsp3) is 0.250. The number of rotatable bonds is 5. The molecule has 28 heavy (non-hydrogen) atoms. The lowest BCUT2D eigenvalue weighted by molar-refractivity contribution is -0.121. The van der Waals surface area contributed by atoms with Crippen molar-refractivity contribution >= 4 is 35.1 Å². The van der Waals surface area contributed by atoms with Crippen LogP contribution in [0.15, 0.2) is 42.5 Å². The van der Waals surface area contributed by atoms with Crippen LogP contribution in [0.3, 0.4) is 0 Å². The molecule has 8 heteroatoms. The maximum absolute atomic E-state index is 13.6. The molecule has 2 amide bonds. The number of hydrogen-bond donors (Lipinski definition) is 1. The Kier molecular flexibility index (Phi) is 5.94. The Morgan fingerprint density at radius 3 is 2.61 bits per heavy atom. The number of carbonyl (C=O) groups is 3. The van der Waals surface area contributed by atoms with Crippen LogP contribution in [0.2, 0.25) is 5.02 Å². The number of carbonyl (C=O) groups excluding carboxylic acids is 3. The molecule has 0 aliphatic carbocycles. The van der Waals surface area contributed by atoms with Crippen molar-refractivity contribution in [2.75, 3.05) is 18.6 Å². The molecular formula is C20H18ClFN2O4. The fourth-order valence-corrected chi connectivity index (χ4v) is 3.16. The summed E-state index contributed by atoms with van der Waals surface area (Å²) in [5, 5.41) is 2.80. The number of nitrogens with zero attached hydrogens (tertiary/aromatic N) is 1. The van der Waals surface area contributed by atoms with E-state index in [4.69, 9.17) is 11.6 Å². The molecule has 6 nitrogen and oxygen atoms in total. The number of benzene rings is 2. The first-order chi connectivity index (χ1) is 13.4. The Morgan fingerprint density at radius 2 is 1.96 bits per heavy atom. The van der Waals surface area contributed by atoms with Gasteiger partial charge in [0.1, 0.15) is 5.82 Å². The van der Waals surface area contributed by atoms with Crippen molar-refractivity contribution in [2.45, 2.75) is 18.9 Å². The largest absolute Gasteiger partial charge is 0.465 e. The minimum Gasteiger partial charge on any atom is -0.465 e. The Bertz CT molecular complexity index is 917. The fourth-order valence-electron chi connectivity index (χ4n) is 3.05. The topological polar surface area (TPSA) is 75.7 Å². The summed E-state index contributed by atoms with van der Waals surface area (Å²) in [5.74, 6) is -1.49. The van der Waals surface area contributed by atoms with Crippen LogP contribution in [0.4, 0.5) is 10.1 Å². The number of hydrogen-bond acceptors (Lipinski definition) is 4. The van der Waals surface area contributed by atoms with E-state index in [9.17, 15) is 18.8 Å². The second kappa shape index (κ2) is 8.39. The molecule has 0 aromatic heterocycles. The second-order valence-electron chi connectivity index (χ2n) is 6.44. The highest BCUT2D eigenvalue weighted by Crippen LogP contribution is 2.25. The zero-order chi connectivity index (χ0) is 20.3. The molecular weight excluding hydrogens is 387 g/mol. The van der Waals surface area contributed by atoms with Crippen LogP contribution < -0.4 is 10.2 Å². The van der Waals surface area contributed by atoms with Crippen molar-refractivity contribution in [2.24, 2.45) is 0 Å². The van der Waals surface area contributed by atoms with Crippen molar-refractivity contribution in [3.63, 3.8) is 0 Å². The highest BCUT2D eigenvalue weighted by atomic mass is 35.5. The zero-order valence-electron chi connectivity index (χ0n) is 15.1. The van der Waals surface area contributed by atoms with E-state index in [1.54, 1.807) is 30.3 Å². The average Bonchev–Trinajstić information content (AvgIpc) is 3.03. The van der Waals surface area contributed by atoms with Crippen molar-refractivity contribution < 1.29 is 23.5 Å². The number of amides is 2. The third-order valence-electron chi connectivity index (χ3n) is 4.44. The molecule has 0 saturated carbocycles. The first-order valence-corrected chi connectivity index (χ1v) is 8.97. The standard InChI is InChI=1S/C20H18ClFN2O4/c1-28-20(27)13-4-2-12(3-5-13)8-18(25)23-14-9-19(26)24(11-14)15-6-7-16(21)17(22)10-15/h2-7,10,14H,8-9,11H2,1H3,(H,23,25). The van der Waals surface area contributed by atoms with E-state index in [0.717, 1.165) is 5.56 Å². The van der Waals surface area contributed by atoms with E-state index in [1.807, 2.05) is 0 Å². The first kappa shape index (κ1) is 19.8. The second-order valence-corrected chi connectivity index (χ2v) is 6.84. The van der Waals surface area contributed by atoms with Gasteiger partial charge in [0.2, 0.25) is 11.8 Å². The molecule has 2 aromatic carbocycles. The smallest absolute Gasteiger partial charge is 0.337 e. The van der Waals surface area contributed by atoms with Gasteiger partial charge in [-0.3, -0.25) is 9.59 Å². The summed E-state index contributed by atoms with van der Waals surface area (Å²) < 4.78 is 18.3. The van der Waals surface area contributed by atoms with Crippen LogP contribution >= 0.6 is 11.6 Å². The molecule has 3 rings (SSSR count). The Morgan fingerprint density at radius 1 is 1.25 bits per heavy atom. The molecule has 1 atom stereocenters. The monoisotopic (exact) mass is 404 g/mol. The third-order valence-corrected chi connectivity index (χ3v) is 4.75. The lowest BCUT2D eigenvalue weighted by atomic mass is 10.1. The molecule has 1 aliphatic heterocycles. The van der Waals surface area contributed by atoms with Gasteiger partial charge in [0.05, 0.1) is 30.2 Å². The Hall–Kier alpha value is -2.93. The van der Waals surface area contributed by atoms with Gasteiger partial charge in [-0.1, -0.05) is 23.7 Å². The van der Waals surface area contributed by atoms with E-state index >= 15 is 0 Å². The van der Waals surface area contributed by atoms with Gasteiger partial charge in [0, 0.05) is 18.7 Å². The summed E-state index contributed by atoms with van der Waals surface area (Å²) >= 11 is 5.67. The number of ether oxygens (including phenoxy) is 1. The van der Waals surface area contributed by atoms with Crippen molar-refractivity contribution in [1.82, 2.24) is 5.32 Å². The number of esters is 1. The maximum atomic E-state index is 13.6. The van der Waals surface area contributed by atoms with Crippen LogP contribution in [0.5, 0.6) is 0 Å². The van der Waals surface area contributed by atoms with E-state index in [2.05, 4.69) is 10.1 Å². The third kappa shape index (κ3) is 4.48. The highest BCUT2D eigenvalue weighted by Gasteiger charge is 2.31. The van der Waals surface area contributed by atoms with Crippen molar-refractivity contribution in [1.29, 1.82) is 0 Å². The van der Waals surface area contributed by atoms with Gasteiger partial charge in [-0.25, -0.2) is 9.18 Å². The van der Waals surface area contributed by atoms with Crippen LogP contribution in [-0.4, -0.2) is 37.5 Å². The first-order valence-electron chi connectivity index (χ1n) is 8.59. The molecule has 1 fully saturated rings. The van der Waals surface area contributed by atoms with Gasteiger partial charge >= 0.3 is 5.97 Å². The summed E-state index contributed by atoms with van der Waals surface area (Å²) in [6.07, 6.45) is 0.249. The predicted octanol–water partition coefficient (Wildman–Crippen LogP) is 2.73. The van der Waals surface area contributed by atoms with E-state index in [0.29, 0.717) is 11.3 Å². The van der Waals surface area contributed by atoms with E-state index in [-0.39, 0.29) is 42.3 Å². The molecule has 1 heterocycles. The normalized spacial score (nSPS) is 16.2.